The third-order valence-electron chi connectivity index (χ3n) is 4.24. The van der Waals surface area contributed by atoms with E-state index in [4.69, 9.17) is 8.94 Å². The first kappa shape index (κ1) is 15.6. The standard InChI is InChI=1S/C16H18N6O3/c1-10(2)14-17-15(25-19-14)12-9-22(20-18-12)11-5-6-21(8-11)16(23)13-4-3-7-24-13/h3-4,7,9-11H,5-6,8H2,1-2H3/t11-/m1/s1. The van der Waals surface area contributed by atoms with Crippen molar-refractivity contribution in [2.24, 2.45) is 0 Å². The van der Waals surface area contributed by atoms with Crippen molar-refractivity contribution >= 4 is 5.91 Å². The molecule has 0 radical (unpaired) electrons. The highest BCUT2D eigenvalue weighted by atomic mass is 16.5. The number of likely N-dealkylation sites (tertiary alicyclic amines) is 1. The zero-order valence-corrected chi connectivity index (χ0v) is 14.0. The number of amides is 1. The summed E-state index contributed by atoms with van der Waals surface area (Å²) >= 11 is 0. The Morgan fingerprint density at radius 2 is 2.28 bits per heavy atom. The van der Waals surface area contributed by atoms with Crippen LogP contribution in [0.5, 0.6) is 0 Å². The van der Waals surface area contributed by atoms with Crippen LogP contribution >= 0.6 is 0 Å². The number of carbonyl (C=O) groups is 1. The van der Waals surface area contributed by atoms with Crippen LogP contribution in [0.15, 0.2) is 33.5 Å². The van der Waals surface area contributed by atoms with Crippen molar-refractivity contribution in [1.82, 2.24) is 30.0 Å². The number of nitrogens with zero attached hydrogens (tertiary/aromatic N) is 6. The van der Waals surface area contributed by atoms with Gasteiger partial charge in [-0.15, -0.1) is 5.10 Å². The molecule has 1 fully saturated rings. The quantitative estimate of drug-likeness (QED) is 0.715. The van der Waals surface area contributed by atoms with E-state index < -0.39 is 0 Å². The van der Waals surface area contributed by atoms with Gasteiger partial charge in [-0.2, -0.15) is 4.98 Å². The Labute approximate surface area is 143 Å². The van der Waals surface area contributed by atoms with Crippen molar-refractivity contribution in [3.63, 3.8) is 0 Å². The van der Waals surface area contributed by atoms with Crippen LogP contribution in [0.2, 0.25) is 0 Å². The molecule has 1 aliphatic heterocycles. The lowest BCUT2D eigenvalue weighted by atomic mass is 10.2. The largest absolute Gasteiger partial charge is 0.459 e. The van der Waals surface area contributed by atoms with Crippen LogP contribution in [0.25, 0.3) is 11.6 Å². The third kappa shape index (κ3) is 2.92. The monoisotopic (exact) mass is 342 g/mol. The fraction of sp³-hybridized carbons (Fsp3) is 0.438. The molecule has 0 N–H and O–H groups in total. The van der Waals surface area contributed by atoms with Crippen LogP contribution in [0.3, 0.4) is 0 Å². The molecule has 9 nitrogen and oxygen atoms in total. The van der Waals surface area contributed by atoms with Crippen molar-refractivity contribution in [2.75, 3.05) is 13.1 Å². The number of hydrogen-bond donors (Lipinski definition) is 0. The van der Waals surface area contributed by atoms with Crippen LogP contribution < -0.4 is 0 Å². The Hall–Kier alpha value is -2.97. The smallest absolute Gasteiger partial charge is 0.289 e. The van der Waals surface area contributed by atoms with Crippen LogP contribution in [0, 0.1) is 0 Å². The van der Waals surface area contributed by atoms with Gasteiger partial charge in [-0.1, -0.05) is 24.2 Å². The van der Waals surface area contributed by atoms with E-state index in [1.54, 1.807) is 27.9 Å². The minimum atomic E-state index is -0.105. The van der Waals surface area contributed by atoms with E-state index in [-0.39, 0.29) is 17.9 Å². The number of rotatable bonds is 4. The van der Waals surface area contributed by atoms with Gasteiger partial charge >= 0.3 is 0 Å². The first-order valence-electron chi connectivity index (χ1n) is 8.20. The van der Waals surface area contributed by atoms with Gasteiger partial charge < -0.3 is 13.8 Å². The second-order valence-corrected chi connectivity index (χ2v) is 6.37. The van der Waals surface area contributed by atoms with Crippen LogP contribution in [0.1, 0.15) is 48.6 Å². The summed E-state index contributed by atoms with van der Waals surface area (Å²) in [5, 5.41) is 12.2. The van der Waals surface area contributed by atoms with Gasteiger partial charge in [-0.3, -0.25) is 4.79 Å². The molecule has 0 saturated carbocycles. The van der Waals surface area contributed by atoms with Gasteiger partial charge in [-0.05, 0) is 18.6 Å². The summed E-state index contributed by atoms with van der Waals surface area (Å²) in [5.74, 6) is 1.43. The van der Waals surface area contributed by atoms with E-state index in [0.29, 0.717) is 36.3 Å². The normalized spacial score (nSPS) is 17.6. The number of aromatic nitrogens is 5. The van der Waals surface area contributed by atoms with Gasteiger partial charge in [0.05, 0.1) is 18.5 Å². The number of hydrogen-bond acceptors (Lipinski definition) is 7. The zero-order valence-electron chi connectivity index (χ0n) is 14.0. The number of carbonyl (C=O) groups excluding carboxylic acids is 1. The molecule has 0 spiro atoms. The second-order valence-electron chi connectivity index (χ2n) is 6.37. The summed E-state index contributed by atoms with van der Waals surface area (Å²) < 4.78 is 12.2. The molecule has 1 atom stereocenters. The predicted octanol–water partition coefficient (Wildman–Crippen LogP) is 2.13. The lowest BCUT2D eigenvalue weighted by Crippen LogP contribution is -2.28. The summed E-state index contributed by atoms with van der Waals surface area (Å²) in [7, 11) is 0. The Kier molecular flexibility index (Phi) is 3.83. The molecular formula is C16H18N6O3. The van der Waals surface area contributed by atoms with Crippen LogP contribution in [0.4, 0.5) is 0 Å². The number of furan rings is 1. The van der Waals surface area contributed by atoms with Crippen molar-refractivity contribution in [3.05, 3.63) is 36.2 Å². The second kappa shape index (κ2) is 6.15. The molecular weight excluding hydrogens is 324 g/mol. The Balaban J connectivity index is 1.46. The zero-order chi connectivity index (χ0) is 17.4. The topological polar surface area (TPSA) is 103 Å². The Bertz CT molecular complexity index is 866. The predicted molar refractivity (Wildman–Crippen MR) is 85.7 cm³/mol. The molecule has 3 aromatic rings. The summed E-state index contributed by atoms with van der Waals surface area (Å²) in [5.41, 5.74) is 0.537. The minimum Gasteiger partial charge on any atom is -0.459 e. The summed E-state index contributed by atoms with van der Waals surface area (Å²) in [6.45, 7) is 5.20. The molecule has 1 saturated heterocycles. The first-order chi connectivity index (χ1) is 12.1. The maximum atomic E-state index is 12.3. The molecule has 130 valence electrons. The van der Waals surface area contributed by atoms with Crippen molar-refractivity contribution in [1.29, 1.82) is 0 Å². The van der Waals surface area contributed by atoms with Gasteiger partial charge in [0.1, 0.15) is 0 Å². The fourth-order valence-electron chi connectivity index (χ4n) is 2.82. The molecule has 1 amide bonds. The lowest BCUT2D eigenvalue weighted by Gasteiger charge is -2.14. The summed E-state index contributed by atoms with van der Waals surface area (Å²) in [6.07, 6.45) is 4.08. The molecule has 25 heavy (non-hydrogen) atoms. The molecule has 0 bridgehead atoms. The van der Waals surface area contributed by atoms with Crippen molar-refractivity contribution < 1.29 is 13.7 Å². The highest BCUT2D eigenvalue weighted by molar-refractivity contribution is 5.91. The Morgan fingerprint density at radius 1 is 1.40 bits per heavy atom. The SMILES string of the molecule is CC(C)c1noc(-c2cn([C@@H]3CCN(C(=O)c4ccco4)C3)nn2)n1. The molecule has 0 aliphatic carbocycles. The third-order valence-corrected chi connectivity index (χ3v) is 4.24. The van der Waals surface area contributed by atoms with Gasteiger partial charge in [0.15, 0.2) is 17.3 Å². The van der Waals surface area contributed by atoms with E-state index in [1.165, 1.54) is 6.26 Å². The van der Waals surface area contributed by atoms with E-state index >= 15 is 0 Å². The highest BCUT2D eigenvalue weighted by Crippen LogP contribution is 2.24. The maximum Gasteiger partial charge on any atom is 0.289 e. The van der Waals surface area contributed by atoms with E-state index in [0.717, 1.165) is 6.42 Å². The average Bonchev–Trinajstić information content (AvgIpc) is 3.42. The van der Waals surface area contributed by atoms with Gasteiger partial charge in [0.25, 0.3) is 11.8 Å². The minimum absolute atomic E-state index is 0.0626. The summed E-state index contributed by atoms with van der Waals surface area (Å²) in [4.78, 5) is 18.4. The van der Waals surface area contributed by atoms with E-state index in [2.05, 4.69) is 20.5 Å². The van der Waals surface area contributed by atoms with Crippen molar-refractivity contribution in [3.8, 4) is 11.6 Å². The molecule has 0 unspecified atom stereocenters. The summed E-state index contributed by atoms with van der Waals surface area (Å²) in [6, 6.07) is 3.44. The molecule has 9 heteroatoms. The lowest BCUT2D eigenvalue weighted by molar-refractivity contribution is 0.0755. The van der Waals surface area contributed by atoms with Gasteiger partial charge in [-0.25, -0.2) is 4.68 Å². The average molecular weight is 342 g/mol. The van der Waals surface area contributed by atoms with Crippen LogP contribution in [-0.2, 0) is 0 Å². The molecule has 3 aromatic heterocycles. The van der Waals surface area contributed by atoms with Crippen LogP contribution in [-0.4, -0.2) is 49.0 Å². The fourth-order valence-corrected chi connectivity index (χ4v) is 2.82. The van der Waals surface area contributed by atoms with Gasteiger partial charge in [0.2, 0.25) is 0 Å². The van der Waals surface area contributed by atoms with E-state index in [1.807, 2.05) is 13.8 Å². The van der Waals surface area contributed by atoms with Gasteiger partial charge in [0, 0.05) is 19.0 Å². The maximum absolute atomic E-state index is 12.3. The van der Waals surface area contributed by atoms with Crippen molar-refractivity contribution in [2.45, 2.75) is 32.2 Å². The molecule has 4 heterocycles. The highest BCUT2D eigenvalue weighted by Gasteiger charge is 2.30. The molecule has 4 rings (SSSR count). The first-order valence-corrected chi connectivity index (χ1v) is 8.20. The van der Waals surface area contributed by atoms with E-state index in [9.17, 15) is 4.79 Å². The Morgan fingerprint density at radius 3 is 3.00 bits per heavy atom. The molecule has 0 aromatic carbocycles. The molecule has 1 aliphatic rings.